The molecule has 0 aromatic carbocycles. The molecule has 4 nitrogen and oxygen atoms in total. The first-order valence-corrected chi connectivity index (χ1v) is 6.77. The maximum atomic E-state index is 5.86. The zero-order valence-corrected chi connectivity index (χ0v) is 11.0. The molecular formula is C12H17N3OS. The van der Waals surface area contributed by atoms with E-state index in [0.29, 0.717) is 18.3 Å². The van der Waals surface area contributed by atoms with Crippen LogP contribution in [0, 0.1) is 0 Å². The number of rotatable bonds is 5. The summed E-state index contributed by atoms with van der Waals surface area (Å²) in [5.74, 6) is 1.31. The lowest BCUT2D eigenvalue weighted by atomic mass is 9.82. The Morgan fingerprint density at radius 1 is 1.41 bits per heavy atom. The fraction of sp³-hybridized carbons (Fsp3) is 0.500. The van der Waals surface area contributed by atoms with Crippen LogP contribution in [0.15, 0.2) is 21.3 Å². The van der Waals surface area contributed by atoms with Crippen LogP contribution in [-0.4, -0.2) is 16.7 Å². The van der Waals surface area contributed by atoms with Gasteiger partial charge in [-0.25, -0.2) is 0 Å². The van der Waals surface area contributed by atoms with Crippen LogP contribution in [0.25, 0.3) is 11.4 Å². The third kappa shape index (κ3) is 2.12. The molecule has 0 aliphatic rings. The molecule has 0 aliphatic carbocycles. The molecule has 0 saturated heterocycles. The van der Waals surface area contributed by atoms with Gasteiger partial charge in [0.2, 0.25) is 11.7 Å². The Morgan fingerprint density at radius 2 is 2.18 bits per heavy atom. The first-order valence-electron chi connectivity index (χ1n) is 5.82. The summed E-state index contributed by atoms with van der Waals surface area (Å²) < 4.78 is 5.39. The van der Waals surface area contributed by atoms with Crippen LogP contribution in [0.2, 0.25) is 0 Å². The van der Waals surface area contributed by atoms with Gasteiger partial charge < -0.3 is 10.3 Å². The molecule has 2 N–H and O–H groups in total. The minimum absolute atomic E-state index is 0.179. The Hall–Kier alpha value is -1.20. The van der Waals surface area contributed by atoms with Crippen molar-refractivity contribution in [2.24, 2.45) is 5.73 Å². The molecule has 92 valence electrons. The summed E-state index contributed by atoms with van der Waals surface area (Å²) in [5.41, 5.74) is 6.69. The van der Waals surface area contributed by atoms with Crippen molar-refractivity contribution in [2.75, 3.05) is 6.54 Å². The molecule has 2 rings (SSSR count). The van der Waals surface area contributed by atoms with E-state index in [1.807, 2.05) is 16.8 Å². The summed E-state index contributed by atoms with van der Waals surface area (Å²) in [6.07, 6.45) is 1.82. The summed E-state index contributed by atoms with van der Waals surface area (Å²) in [6.45, 7) is 4.74. The van der Waals surface area contributed by atoms with Gasteiger partial charge in [-0.1, -0.05) is 19.0 Å². The average Bonchev–Trinajstić information content (AvgIpc) is 3.03. The van der Waals surface area contributed by atoms with E-state index in [0.717, 1.165) is 18.4 Å². The summed E-state index contributed by atoms with van der Waals surface area (Å²) in [5, 5.41) is 8.05. The second kappa shape index (κ2) is 4.98. The van der Waals surface area contributed by atoms with E-state index in [1.54, 1.807) is 11.3 Å². The van der Waals surface area contributed by atoms with E-state index in [2.05, 4.69) is 24.0 Å². The molecule has 0 unspecified atom stereocenters. The maximum absolute atomic E-state index is 5.86. The highest BCUT2D eigenvalue weighted by molar-refractivity contribution is 7.08. The molecule has 5 heteroatoms. The zero-order chi connectivity index (χ0) is 12.3. The average molecular weight is 251 g/mol. The number of hydrogen-bond donors (Lipinski definition) is 1. The van der Waals surface area contributed by atoms with Crippen LogP contribution < -0.4 is 5.73 Å². The van der Waals surface area contributed by atoms with Crippen LogP contribution in [0.3, 0.4) is 0 Å². The lowest BCUT2D eigenvalue weighted by Gasteiger charge is -2.24. The van der Waals surface area contributed by atoms with Gasteiger partial charge in [0.1, 0.15) is 0 Å². The normalized spacial score (nSPS) is 11.9. The monoisotopic (exact) mass is 251 g/mol. The lowest BCUT2D eigenvalue weighted by Crippen LogP contribution is -2.34. The van der Waals surface area contributed by atoms with Crippen molar-refractivity contribution in [3.05, 3.63) is 22.7 Å². The predicted octanol–water partition coefficient (Wildman–Crippen LogP) is 2.81. The molecule has 0 amide bonds. The van der Waals surface area contributed by atoms with E-state index < -0.39 is 0 Å². The second-order valence-corrected chi connectivity index (χ2v) is 4.91. The summed E-state index contributed by atoms with van der Waals surface area (Å²) in [4.78, 5) is 4.49. The van der Waals surface area contributed by atoms with Crippen LogP contribution in [-0.2, 0) is 5.41 Å². The first kappa shape index (κ1) is 12.3. The molecular weight excluding hydrogens is 234 g/mol. The summed E-state index contributed by atoms with van der Waals surface area (Å²) in [6, 6.07) is 1.99. The molecule has 0 saturated carbocycles. The van der Waals surface area contributed by atoms with Crippen molar-refractivity contribution in [1.82, 2.24) is 10.1 Å². The Kier molecular flexibility index (Phi) is 3.59. The number of hydrogen-bond acceptors (Lipinski definition) is 5. The molecule has 2 aromatic heterocycles. The smallest absolute Gasteiger partial charge is 0.234 e. The van der Waals surface area contributed by atoms with Crippen molar-refractivity contribution in [3.8, 4) is 11.4 Å². The van der Waals surface area contributed by atoms with Gasteiger partial charge in [0.05, 0.1) is 5.41 Å². The third-order valence-electron chi connectivity index (χ3n) is 3.40. The fourth-order valence-corrected chi connectivity index (χ4v) is 2.51. The quantitative estimate of drug-likeness (QED) is 0.887. The van der Waals surface area contributed by atoms with Gasteiger partial charge in [0, 0.05) is 17.5 Å². The topological polar surface area (TPSA) is 64.9 Å². The molecule has 2 heterocycles. The van der Waals surface area contributed by atoms with Crippen molar-refractivity contribution in [3.63, 3.8) is 0 Å². The second-order valence-electron chi connectivity index (χ2n) is 4.13. The van der Waals surface area contributed by atoms with Crippen molar-refractivity contribution in [1.29, 1.82) is 0 Å². The summed E-state index contributed by atoms with van der Waals surface area (Å²) in [7, 11) is 0. The van der Waals surface area contributed by atoms with Gasteiger partial charge >= 0.3 is 0 Å². The van der Waals surface area contributed by atoms with Gasteiger partial charge in [-0.2, -0.15) is 16.3 Å². The Balaban J connectivity index is 2.35. The standard InChI is InChI=1S/C12H17N3OS/c1-3-12(4-2,8-13)11-14-10(15-16-11)9-5-6-17-7-9/h5-7H,3-4,8,13H2,1-2H3. The molecule has 0 fully saturated rings. The highest BCUT2D eigenvalue weighted by Gasteiger charge is 2.33. The zero-order valence-electron chi connectivity index (χ0n) is 10.1. The summed E-state index contributed by atoms with van der Waals surface area (Å²) >= 11 is 1.62. The molecule has 17 heavy (non-hydrogen) atoms. The van der Waals surface area contributed by atoms with Crippen molar-refractivity contribution < 1.29 is 4.52 Å². The fourth-order valence-electron chi connectivity index (χ4n) is 1.88. The van der Waals surface area contributed by atoms with E-state index in [4.69, 9.17) is 10.3 Å². The number of aromatic nitrogens is 2. The molecule has 0 aliphatic heterocycles. The van der Waals surface area contributed by atoms with Gasteiger partial charge in [-0.15, -0.1) is 0 Å². The van der Waals surface area contributed by atoms with E-state index in [1.165, 1.54) is 0 Å². The largest absolute Gasteiger partial charge is 0.338 e. The van der Waals surface area contributed by atoms with Gasteiger partial charge in [0.15, 0.2) is 0 Å². The number of nitrogens with zero attached hydrogens (tertiary/aromatic N) is 2. The number of thiophene rings is 1. The van der Waals surface area contributed by atoms with Gasteiger partial charge in [-0.3, -0.25) is 0 Å². The SMILES string of the molecule is CCC(CC)(CN)c1nc(-c2ccsc2)no1. The maximum Gasteiger partial charge on any atom is 0.234 e. The predicted molar refractivity (Wildman–Crippen MR) is 68.9 cm³/mol. The Labute approximate surface area is 105 Å². The Bertz CT molecular complexity index is 452. The molecule has 2 aromatic rings. The van der Waals surface area contributed by atoms with Crippen LogP contribution in [0.5, 0.6) is 0 Å². The molecule has 0 spiro atoms. The first-order chi connectivity index (χ1) is 8.25. The van der Waals surface area contributed by atoms with Crippen LogP contribution in [0.4, 0.5) is 0 Å². The van der Waals surface area contributed by atoms with E-state index in [9.17, 15) is 0 Å². The highest BCUT2D eigenvalue weighted by atomic mass is 32.1. The van der Waals surface area contributed by atoms with E-state index in [-0.39, 0.29) is 5.41 Å². The van der Waals surface area contributed by atoms with E-state index >= 15 is 0 Å². The van der Waals surface area contributed by atoms with Gasteiger partial charge in [-0.05, 0) is 24.3 Å². The number of nitrogens with two attached hydrogens (primary N) is 1. The minimum atomic E-state index is -0.179. The van der Waals surface area contributed by atoms with Gasteiger partial charge in [0.25, 0.3) is 0 Å². The van der Waals surface area contributed by atoms with Crippen molar-refractivity contribution >= 4 is 11.3 Å². The lowest BCUT2D eigenvalue weighted by molar-refractivity contribution is 0.267. The van der Waals surface area contributed by atoms with Crippen LogP contribution in [0.1, 0.15) is 32.6 Å². The molecule has 0 atom stereocenters. The third-order valence-corrected chi connectivity index (χ3v) is 4.09. The highest BCUT2D eigenvalue weighted by Crippen LogP contribution is 2.30. The molecule has 0 radical (unpaired) electrons. The Morgan fingerprint density at radius 3 is 2.71 bits per heavy atom. The molecule has 0 bridgehead atoms. The minimum Gasteiger partial charge on any atom is -0.338 e. The van der Waals surface area contributed by atoms with Crippen LogP contribution >= 0.6 is 11.3 Å². The van der Waals surface area contributed by atoms with Crippen molar-refractivity contribution in [2.45, 2.75) is 32.1 Å².